The van der Waals surface area contributed by atoms with Gasteiger partial charge in [-0.05, 0) is 23.3 Å². The van der Waals surface area contributed by atoms with Crippen molar-refractivity contribution in [3.8, 4) is 11.3 Å². The molecule has 0 aliphatic rings. The molecule has 3 rings (SSSR count). The fourth-order valence-corrected chi connectivity index (χ4v) is 3.29. The SMILES string of the molecule is O=[N+]([O-])c1ccc(Cn2c(-c3ccccc3)csc2=S)cc1. The summed E-state index contributed by atoms with van der Waals surface area (Å²) in [6, 6.07) is 16.6. The Morgan fingerprint density at radius 2 is 1.77 bits per heavy atom. The molecular weight excluding hydrogens is 316 g/mol. The molecule has 110 valence electrons. The highest BCUT2D eigenvalue weighted by atomic mass is 32.1. The molecule has 0 radical (unpaired) electrons. The molecule has 0 saturated heterocycles. The van der Waals surface area contributed by atoms with Crippen molar-refractivity contribution in [2.45, 2.75) is 6.54 Å². The third-order valence-electron chi connectivity index (χ3n) is 3.34. The number of benzene rings is 2. The quantitative estimate of drug-likeness (QED) is 0.389. The molecule has 0 aliphatic carbocycles. The van der Waals surface area contributed by atoms with Gasteiger partial charge in [-0.15, -0.1) is 11.3 Å². The molecule has 0 atom stereocenters. The van der Waals surface area contributed by atoms with E-state index < -0.39 is 4.92 Å². The van der Waals surface area contributed by atoms with Crippen LogP contribution in [0.4, 0.5) is 5.69 Å². The maximum Gasteiger partial charge on any atom is 0.269 e. The fraction of sp³-hybridized carbons (Fsp3) is 0.0625. The fourth-order valence-electron chi connectivity index (χ4n) is 2.22. The van der Waals surface area contributed by atoms with Crippen molar-refractivity contribution in [2.75, 3.05) is 0 Å². The highest BCUT2D eigenvalue weighted by Gasteiger charge is 2.09. The topological polar surface area (TPSA) is 48.1 Å². The average molecular weight is 328 g/mol. The van der Waals surface area contributed by atoms with Gasteiger partial charge in [0.25, 0.3) is 5.69 Å². The van der Waals surface area contributed by atoms with Crippen molar-refractivity contribution in [2.24, 2.45) is 0 Å². The second-order valence-electron chi connectivity index (χ2n) is 4.76. The van der Waals surface area contributed by atoms with Gasteiger partial charge in [0, 0.05) is 24.1 Å². The highest BCUT2D eigenvalue weighted by molar-refractivity contribution is 7.73. The summed E-state index contributed by atoms with van der Waals surface area (Å²) in [7, 11) is 0. The van der Waals surface area contributed by atoms with Gasteiger partial charge < -0.3 is 4.57 Å². The molecule has 0 N–H and O–H groups in total. The van der Waals surface area contributed by atoms with Gasteiger partial charge in [0.15, 0.2) is 3.95 Å². The van der Waals surface area contributed by atoms with Gasteiger partial charge in [-0.1, -0.05) is 42.5 Å². The molecule has 6 heteroatoms. The van der Waals surface area contributed by atoms with E-state index in [9.17, 15) is 10.1 Å². The van der Waals surface area contributed by atoms with Crippen LogP contribution >= 0.6 is 23.6 Å². The molecule has 22 heavy (non-hydrogen) atoms. The highest BCUT2D eigenvalue weighted by Crippen LogP contribution is 2.25. The molecule has 0 bridgehead atoms. The van der Waals surface area contributed by atoms with E-state index in [0.717, 1.165) is 20.8 Å². The van der Waals surface area contributed by atoms with Gasteiger partial charge in [-0.25, -0.2) is 0 Å². The smallest absolute Gasteiger partial charge is 0.269 e. The molecule has 0 aliphatic heterocycles. The summed E-state index contributed by atoms with van der Waals surface area (Å²) < 4.78 is 2.84. The lowest BCUT2D eigenvalue weighted by Crippen LogP contribution is -2.01. The van der Waals surface area contributed by atoms with E-state index in [0.29, 0.717) is 6.54 Å². The molecule has 0 unspecified atom stereocenters. The van der Waals surface area contributed by atoms with Crippen molar-refractivity contribution >= 4 is 29.2 Å². The minimum absolute atomic E-state index is 0.0981. The molecule has 0 amide bonds. The van der Waals surface area contributed by atoms with Crippen LogP contribution in [0.25, 0.3) is 11.3 Å². The molecule has 0 fully saturated rings. The number of rotatable bonds is 4. The van der Waals surface area contributed by atoms with E-state index in [2.05, 4.69) is 4.57 Å². The van der Waals surface area contributed by atoms with Crippen molar-refractivity contribution in [3.05, 3.63) is 79.6 Å². The summed E-state index contributed by atoms with van der Waals surface area (Å²) in [5.74, 6) is 0. The third-order valence-corrected chi connectivity index (χ3v) is 4.61. The third kappa shape index (κ3) is 2.98. The van der Waals surface area contributed by atoms with Gasteiger partial charge in [0.1, 0.15) is 0 Å². The van der Waals surface area contributed by atoms with Crippen LogP contribution in [0.3, 0.4) is 0 Å². The molecular formula is C16H12N2O2S2. The van der Waals surface area contributed by atoms with Gasteiger partial charge >= 0.3 is 0 Å². The summed E-state index contributed by atoms with van der Waals surface area (Å²) in [6.07, 6.45) is 0. The first kappa shape index (κ1) is 14.6. The van der Waals surface area contributed by atoms with E-state index >= 15 is 0 Å². The van der Waals surface area contributed by atoms with Crippen LogP contribution in [0, 0.1) is 14.1 Å². The standard InChI is InChI=1S/C16H12N2O2S2/c19-18(20)14-8-6-12(7-9-14)10-17-15(11-22-16(17)21)13-4-2-1-3-5-13/h1-9,11H,10H2. The zero-order valence-electron chi connectivity index (χ0n) is 11.5. The molecule has 1 heterocycles. The van der Waals surface area contributed by atoms with Crippen LogP contribution < -0.4 is 0 Å². The molecule has 4 nitrogen and oxygen atoms in total. The lowest BCUT2D eigenvalue weighted by atomic mass is 10.1. The first-order valence-electron chi connectivity index (χ1n) is 6.62. The Kier molecular flexibility index (Phi) is 4.13. The molecule has 1 aromatic heterocycles. The predicted molar refractivity (Wildman–Crippen MR) is 90.8 cm³/mol. The lowest BCUT2D eigenvalue weighted by Gasteiger charge is -2.09. The first-order chi connectivity index (χ1) is 10.6. The Labute approximate surface area is 136 Å². The number of aromatic nitrogens is 1. The largest absolute Gasteiger partial charge is 0.318 e. The summed E-state index contributed by atoms with van der Waals surface area (Å²) in [5, 5.41) is 12.8. The Balaban J connectivity index is 1.94. The zero-order valence-corrected chi connectivity index (χ0v) is 13.1. The average Bonchev–Trinajstić information content (AvgIpc) is 2.90. The van der Waals surface area contributed by atoms with Crippen LogP contribution in [0.5, 0.6) is 0 Å². The number of thiazole rings is 1. The summed E-state index contributed by atoms with van der Waals surface area (Å²) in [6.45, 7) is 0.602. The number of hydrogen-bond donors (Lipinski definition) is 0. The zero-order chi connectivity index (χ0) is 15.5. The molecule has 0 spiro atoms. The van der Waals surface area contributed by atoms with E-state index in [1.165, 1.54) is 23.5 Å². The maximum absolute atomic E-state index is 10.7. The Morgan fingerprint density at radius 1 is 1.09 bits per heavy atom. The van der Waals surface area contributed by atoms with Gasteiger partial charge in [0.05, 0.1) is 10.6 Å². The lowest BCUT2D eigenvalue weighted by molar-refractivity contribution is -0.384. The van der Waals surface area contributed by atoms with E-state index in [1.807, 2.05) is 35.7 Å². The monoisotopic (exact) mass is 328 g/mol. The van der Waals surface area contributed by atoms with Crippen LogP contribution in [0.1, 0.15) is 5.56 Å². The summed E-state index contributed by atoms with van der Waals surface area (Å²) in [4.78, 5) is 10.3. The predicted octanol–water partition coefficient (Wildman–Crippen LogP) is 4.90. The Bertz CT molecular complexity index is 852. The minimum Gasteiger partial charge on any atom is -0.318 e. The van der Waals surface area contributed by atoms with Crippen molar-refractivity contribution < 1.29 is 4.92 Å². The second-order valence-corrected chi connectivity index (χ2v) is 6.27. The van der Waals surface area contributed by atoms with Crippen LogP contribution in [0.15, 0.2) is 60.0 Å². The van der Waals surface area contributed by atoms with Gasteiger partial charge in [-0.2, -0.15) is 0 Å². The van der Waals surface area contributed by atoms with E-state index in [-0.39, 0.29) is 5.69 Å². The van der Waals surface area contributed by atoms with Crippen LogP contribution in [-0.4, -0.2) is 9.49 Å². The van der Waals surface area contributed by atoms with Gasteiger partial charge in [-0.3, -0.25) is 10.1 Å². The molecule has 2 aromatic carbocycles. The van der Waals surface area contributed by atoms with Crippen molar-refractivity contribution in [3.63, 3.8) is 0 Å². The Morgan fingerprint density at radius 3 is 2.41 bits per heavy atom. The number of nitro groups is 1. The van der Waals surface area contributed by atoms with Crippen molar-refractivity contribution in [1.29, 1.82) is 0 Å². The maximum atomic E-state index is 10.7. The minimum atomic E-state index is -0.393. The number of nitro benzene ring substituents is 1. The summed E-state index contributed by atoms with van der Waals surface area (Å²) in [5.41, 5.74) is 3.25. The van der Waals surface area contributed by atoms with Crippen LogP contribution in [0.2, 0.25) is 0 Å². The molecule has 3 aromatic rings. The van der Waals surface area contributed by atoms with Crippen LogP contribution in [-0.2, 0) is 6.54 Å². The number of hydrogen-bond acceptors (Lipinski definition) is 4. The van der Waals surface area contributed by atoms with E-state index in [1.54, 1.807) is 12.1 Å². The Hall–Kier alpha value is -2.31. The molecule has 0 saturated carbocycles. The van der Waals surface area contributed by atoms with E-state index in [4.69, 9.17) is 12.2 Å². The van der Waals surface area contributed by atoms with Crippen molar-refractivity contribution in [1.82, 2.24) is 4.57 Å². The van der Waals surface area contributed by atoms with Gasteiger partial charge in [0.2, 0.25) is 0 Å². The summed E-state index contributed by atoms with van der Waals surface area (Å²) >= 11 is 6.94. The first-order valence-corrected chi connectivity index (χ1v) is 7.91. The number of non-ortho nitro benzene ring substituents is 1. The number of nitrogens with zero attached hydrogens (tertiary/aromatic N) is 2. The second kappa shape index (κ2) is 6.21. The normalized spacial score (nSPS) is 10.5.